The largest absolute Gasteiger partial charge is 0.366 e. The minimum atomic E-state index is 0.141. The number of hydrogen-bond donors (Lipinski definition) is 0. The van der Waals surface area contributed by atoms with Gasteiger partial charge in [0.25, 0.3) is 0 Å². The smallest absolute Gasteiger partial charge is 0.118 e. The first kappa shape index (κ1) is 9.76. The van der Waals surface area contributed by atoms with E-state index < -0.39 is 0 Å². The summed E-state index contributed by atoms with van der Waals surface area (Å²) in [7, 11) is 0. The quantitative estimate of drug-likeness (QED) is 0.644. The molecule has 0 N–H and O–H groups in total. The Balaban J connectivity index is 2.12. The Hall–Kier alpha value is -0.780. The first-order valence-electron chi connectivity index (χ1n) is 4.74. The number of hydrogen-bond acceptors (Lipinski definition) is 1. The second kappa shape index (κ2) is 4.63. The van der Waals surface area contributed by atoms with Crippen LogP contribution in [-0.2, 0) is 4.74 Å². The molecule has 1 aliphatic rings. The molecule has 14 heavy (non-hydrogen) atoms. The normalized spacial score (nSPS) is 20.2. The molecule has 1 saturated heterocycles. The van der Waals surface area contributed by atoms with Gasteiger partial charge in [-0.05, 0) is 40.9 Å². The van der Waals surface area contributed by atoms with E-state index in [4.69, 9.17) is 4.74 Å². The molecule has 0 unspecified atom stereocenters. The van der Waals surface area contributed by atoms with E-state index >= 15 is 0 Å². The Kier molecular flexibility index (Phi) is 3.23. The highest BCUT2D eigenvalue weighted by molar-refractivity contribution is 9.10. The van der Waals surface area contributed by atoms with Gasteiger partial charge in [-0.2, -0.15) is 0 Å². The maximum atomic E-state index is 5.43. The highest BCUT2D eigenvalue weighted by atomic mass is 79.9. The Morgan fingerprint density at radius 3 is 2.93 bits per heavy atom. The lowest BCUT2D eigenvalue weighted by Gasteiger charge is -1.98. The van der Waals surface area contributed by atoms with Crippen molar-refractivity contribution >= 4 is 15.9 Å². The third kappa shape index (κ3) is 2.37. The lowest BCUT2D eigenvalue weighted by Crippen LogP contribution is -1.99. The third-order valence-corrected chi connectivity index (χ3v) is 2.86. The summed E-state index contributed by atoms with van der Waals surface area (Å²) in [6.45, 7) is 0.856. The topological polar surface area (TPSA) is 9.23 Å². The molecule has 0 aliphatic carbocycles. The standard InChI is InChI=1S/C12H11BrO/c13-12-6-2-1-4-10(12)7-8-11-5-3-9-14-11/h1-2,4,6,11H,3,5,9H2/t11-/m1/s1. The summed E-state index contributed by atoms with van der Waals surface area (Å²) in [5.41, 5.74) is 1.03. The summed E-state index contributed by atoms with van der Waals surface area (Å²) >= 11 is 3.46. The molecule has 1 nitrogen and oxygen atoms in total. The molecular formula is C12H11BrO. The Labute approximate surface area is 92.6 Å². The molecule has 2 rings (SSSR count). The molecule has 1 atom stereocenters. The van der Waals surface area contributed by atoms with Gasteiger partial charge in [-0.25, -0.2) is 0 Å². The van der Waals surface area contributed by atoms with E-state index in [0.29, 0.717) is 0 Å². The lowest BCUT2D eigenvalue weighted by atomic mass is 10.2. The van der Waals surface area contributed by atoms with Crippen molar-refractivity contribution in [3.63, 3.8) is 0 Å². The fourth-order valence-electron chi connectivity index (χ4n) is 1.41. The fourth-order valence-corrected chi connectivity index (χ4v) is 1.80. The van der Waals surface area contributed by atoms with Crippen LogP contribution >= 0.6 is 15.9 Å². The molecule has 2 heteroatoms. The first-order chi connectivity index (χ1) is 6.86. The minimum absolute atomic E-state index is 0.141. The molecule has 1 heterocycles. The van der Waals surface area contributed by atoms with Gasteiger partial charge >= 0.3 is 0 Å². The van der Waals surface area contributed by atoms with Gasteiger partial charge in [0.15, 0.2) is 0 Å². The van der Waals surface area contributed by atoms with E-state index in [1.807, 2.05) is 24.3 Å². The lowest BCUT2D eigenvalue weighted by molar-refractivity contribution is 0.152. The average molecular weight is 251 g/mol. The molecule has 0 saturated carbocycles. The number of ether oxygens (including phenoxy) is 1. The van der Waals surface area contributed by atoms with Gasteiger partial charge in [-0.15, -0.1) is 0 Å². The Morgan fingerprint density at radius 1 is 1.36 bits per heavy atom. The van der Waals surface area contributed by atoms with Crippen molar-refractivity contribution in [1.82, 2.24) is 0 Å². The van der Waals surface area contributed by atoms with E-state index in [9.17, 15) is 0 Å². The SMILES string of the molecule is Brc1ccccc1C#C[C@H]1CCCO1. The van der Waals surface area contributed by atoms with Crippen LogP contribution in [-0.4, -0.2) is 12.7 Å². The number of benzene rings is 1. The van der Waals surface area contributed by atoms with E-state index in [1.54, 1.807) is 0 Å². The summed E-state index contributed by atoms with van der Waals surface area (Å²) in [5, 5.41) is 0. The maximum absolute atomic E-state index is 5.43. The van der Waals surface area contributed by atoms with Crippen molar-refractivity contribution in [3.05, 3.63) is 34.3 Å². The zero-order chi connectivity index (χ0) is 9.80. The van der Waals surface area contributed by atoms with Crippen LogP contribution in [0.4, 0.5) is 0 Å². The fraction of sp³-hybridized carbons (Fsp3) is 0.333. The maximum Gasteiger partial charge on any atom is 0.118 e. The monoisotopic (exact) mass is 250 g/mol. The van der Waals surface area contributed by atoms with E-state index in [0.717, 1.165) is 29.5 Å². The molecule has 72 valence electrons. The van der Waals surface area contributed by atoms with Crippen LogP contribution in [0.25, 0.3) is 0 Å². The van der Waals surface area contributed by atoms with Gasteiger partial charge in [0.1, 0.15) is 6.10 Å². The summed E-state index contributed by atoms with van der Waals surface area (Å²) in [6.07, 6.45) is 2.34. The van der Waals surface area contributed by atoms with Crippen LogP contribution in [0.5, 0.6) is 0 Å². The van der Waals surface area contributed by atoms with Gasteiger partial charge in [-0.1, -0.05) is 24.0 Å². The molecule has 1 fully saturated rings. The minimum Gasteiger partial charge on any atom is -0.366 e. The van der Waals surface area contributed by atoms with Crippen LogP contribution in [0, 0.1) is 11.8 Å². The van der Waals surface area contributed by atoms with Gasteiger partial charge < -0.3 is 4.74 Å². The predicted octanol–water partition coefficient (Wildman–Crippen LogP) is 2.98. The summed E-state index contributed by atoms with van der Waals surface area (Å²) in [6, 6.07) is 7.98. The van der Waals surface area contributed by atoms with Crippen molar-refractivity contribution in [2.24, 2.45) is 0 Å². The molecule has 0 aromatic heterocycles. The molecule has 1 aromatic rings. The van der Waals surface area contributed by atoms with Crippen molar-refractivity contribution in [2.45, 2.75) is 18.9 Å². The summed E-state index contributed by atoms with van der Waals surface area (Å²) in [4.78, 5) is 0. The van der Waals surface area contributed by atoms with Crippen molar-refractivity contribution in [3.8, 4) is 11.8 Å². The molecule has 0 amide bonds. The average Bonchev–Trinajstić information content (AvgIpc) is 2.69. The predicted molar refractivity (Wildman–Crippen MR) is 60.0 cm³/mol. The second-order valence-corrected chi connectivity index (χ2v) is 4.11. The van der Waals surface area contributed by atoms with Gasteiger partial charge in [0.05, 0.1) is 0 Å². The van der Waals surface area contributed by atoms with E-state index in [1.165, 1.54) is 0 Å². The zero-order valence-electron chi connectivity index (χ0n) is 7.79. The van der Waals surface area contributed by atoms with E-state index in [2.05, 4.69) is 27.8 Å². The van der Waals surface area contributed by atoms with Crippen molar-refractivity contribution < 1.29 is 4.74 Å². The zero-order valence-corrected chi connectivity index (χ0v) is 9.38. The van der Waals surface area contributed by atoms with Crippen LogP contribution < -0.4 is 0 Å². The van der Waals surface area contributed by atoms with Crippen LogP contribution in [0.15, 0.2) is 28.7 Å². The van der Waals surface area contributed by atoms with Crippen molar-refractivity contribution in [2.75, 3.05) is 6.61 Å². The number of halogens is 1. The van der Waals surface area contributed by atoms with Gasteiger partial charge in [0.2, 0.25) is 0 Å². The Bertz CT molecular complexity index is 369. The van der Waals surface area contributed by atoms with Crippen LogP contribution in [0.2, 0.25) is 0 Å². The highest BCUT2D eigenvalue weighted by Crippen LogP contribution is 2.15. The number of rotatable bonds is 0. The second-order valence-electron chi connectivity index (χ2n) is 3.25. The van der Waals surface area contributed by atoms with Gasteiger partial charge in [-0.3, -0.25) is 0 Å². The molecule has 0 spiro atoms. The van der Waals surface area contributed by atoms with E-state index in [-0.39, 0.29) is 6.10 Å². The molecule has 1 aromatic carbocycles. The molecular weight excluding hydrogens is 240 g/mol. The molecule has 0 bridgehead atoms. The summed E-state index contributed by atoms with van der Waals surface area (Å²) in [5.74, 6) is 6.27. The third-order valence-electron chi connectivity index (χ3n) is 2.17. The first-order valence-corrected chi connectivity index (χ1v) is 5.53. The van der Waals surface area contributed by atoms with Crippen molar-refractivity contribution in [1.29, 1.82) is 0 Å². The van der Waals surface area contributed by atoms with Gasteiger partial charge in [0, 0.05) is 16.6 Å². The van der Waals surface area contributed by atoms with Crippen LogP contribution in [0.1, 0.15) is 18.4 Å². The molecule has 1 aliphatic heterocycles. The van der Waals surface area contributed by atoms with Crippen LogP contribution in [0.3, 0.4) is 0 Å². The Morgan fingerprint density at radius 2 is 2.21 bits per heavy atom. The highest BCUT2D eigenvalue weighted by Gasteiger charge is 2.11. The molecule has 0 radical (unpaired) electrons. The summed E-state index contributed by atoms with van der Waals surface area (Å²) < 4.78 is 6.47.